The van der Waals surface area contributed by atoms with Crippen LogP contribution < -0.4 is 5.32 Å². The zero-order chi connectivity index (χ0) is 7.68. The van der Waals surface area contributed by atoms with E-state index in [1.54, 1.807) is 0 Å². The standard InChI is InChI=1S/C9H15NO/c11-8-3-4-9-7(6-8)2-1-5-10-9/h7,9-10H,1-6H2. The maximum atomic E-state index is 11.1. The molecule has 1 saturated heterocycles. The molecule has 0 aromatic heterocycles. The number of carbonyl (C=O) groups is 1. The van der Waals surface area contributed by atoms with Crippen molar-refractivity contribution >= 4 is 5.78 Å². The fourth-order valence-electron chi connectivity index (χ4n) is 2.31. The summed E-state index contributed by atoms with van der Waals surface area (Å²) in [6.45, 7) is 1.16. The molecule has 0 radical (unpaired) electrons. The highest BCUT2D eigenvalue weighted by molar-refractivity contribution is 5.79. The number of piperidine rings is 1. The van der Waals surface area contributed by atoms with Crippen LogP contribution in [0.3, 0.4) is 0 Å². The van der Waals surface area contributed by atoms with Crippen molar-refractivity contribution in [2.75, 3.05) is 6.54 Å². The molecule has 1 aliphatic heterocycles. The van der Waals surface area contributed by atoms with Crippen LogP contribution in [0.25, 0.3) is 0 Å². The lowest BCUT2D eigenvalue weighted by Crippen LogP contribution is -2.44. The minimum Gasteiger partial charge on any atom is -0.314 e. The predicted molar refractivity (Wildman–Crippen MR) is 43.4 cm³/mol. The molecule has 2 nitrogen and oxygen atoms in total. The van der Waals surface area contributed by atoms with Crippen molar-refractivity contribution in [2.24, 2.45) is 5.92 Å². The monoisotopic (exact) mass is 153 g/mol. The van der Waals surface area contributed by atoms with Crippen LogP contribution in [0.5, 0.6) is 0 Å². The fraction of sp³-hybridized carbons (Fsp3) is 0.889. The molecule has 1 heterocycles. The van der Waals surface area contributed by atoms with Gasteiger partial charge in [0.1, 0.15) is 5.78 Å². The molecule has 11 heavy (non-hydrogen) atoms. The summed E-state index contributed by atoms with van der Waals surface area (Å²) in [5.74, 6) is 1.15. The Morgan fingerprint density at radius 1 is 1.36 bits per heavy atom. The van der Waals surface area contributed by atoms with Gasteiger partial charge < -0.3 is 5.32 Å². The molecule has 0 amide bonds. The Kier molecular flexibility index (Phi) is 1.95. The minimum absolute atomic E-state index is 0.481. The summed E-state index contributed by atoms with van der Waals surface area (Å²) in [6, 6.07) is 0.668. The van der Waals surface area contributed by atoms with E-state index in [2.05, 4.69) is 5.32 Å². The van der Waals surface area contributed by atoms with Crippen LogP contribution in [-0.4, -0.2) is 18.4 Å². The number of rotatable bonds is 0. The van der Waals surface area contributed by atoms with Gasteiger partial charge in [0.15, 0.2) is 0 Å². The maximum absolute atomic E-state index is 11.1. The van der Waals surface area contributed by atoms with Crippen LogP contribution >= 0.6 is 0 Å². The molecule has 0 spiro atoms. The van der Waals surface area contributed by atoms with Gasteiger partial charge in [-0.2, -0.15) is 0 Å². The molecule has 0 bridgehead atoms. The van der Waals surface area contributed by atoms with Crippen molar-refractivity contribution in [3.8, 4) is 0 Å². The lowest BCUT2D eigenvalue weighted by atomic mass is 9.79. The summed E-state index contributed by atoms with van der Waals surface area (Å²) in [5.41, 5.74) is 0. The lowest BCUT2D eigenvalue weighted by molar-refractivity contribution is -0.122. The molecular weight excluding hydrogens is 138 g/mol. The molecule has 2 atom stereocenters. The summed E-state index contributed by atoms with van der Waals surface area (Å²) in [5, 5.41) is 3.49. The first-order valence-corrected chi connectivity index (χ1v) is 4.61. The number of ketones is 1. The van der Waals surface area contributed by atoms with Gasteiger partial charge in [-0.1, -0.05) is 0 Å². The van der Waals surface area contributed by atoms with E-state index in [0.717, 1.165) is 25.8 Å². The number of Topliss-reactive ketones (excluding diaryl/α,β-unsaturated/α-hetero) is 1. The molecule has 0 aromatic rings. The second kappa shape index (κ2) is 2.94. The third-order valence-corrected chi connectivity index (χ3v) is 2.95. The van der Waals surface area contributed by atoms with Gasteiger partial charge in [-0.25, -0.2) is 0 Å². The van der Waals surface area contributed by atoms with Crippen LogP contribution in [-0.2, 0) is 4.79 Å². The number of hydrogen-bond donors (Lipinski definition) is 1. The van der Waals surface area contributed by atoms with Crippen molar-refractivity contribution in [1.82, 2.24) is 5.32 Å². The molecule has 2 unspecified atom stereocenters. The zero-order valence-electron chi connectivity index (χ0n) is 6.81. The fourth-order valence-corrected chi connectivity index (χ4v) is 2.31. The van der Waals surface area contributed by atoms with Gasteiger partial charge in [-0.3, -0.25) is 4.79 Å². The minimum atomic E-state index is 0.481. The average molecular weight is 153 g/mol. The Labute approximate surface area is 67.4 Å². The predicted octanol–water partition coefficient (Wildman–Crippen LogP) is 1.11. The van der Waals surface area contributed by atoms with Crippen molar-refractivity contribution in [3.63, 3.8) is 0 Å². The van der Waals surface area contributed by atoms with Crippen LogP contribution in [0, 0.1) is 5.92 Å². The molecule has 2 aliphatic rings. The molecule has 2 heteroatoms. The van der Waals surface area contributed by atoms with Crippen molar-refractivity contribution in [1.29, 1.82) is 0 Å². The van der Waals surface area contributed by atoms with Gasteiger partial charge >= 0.3 is 0 Å². The maximum Gasteiger partial charge on any atom is 0.133 e. The number of fused-ring (bicyclic) bond motifs is 1. The molecule has 2 fully saturated rings. The Morgan fingerprint density at radius 2 is 2.27 bits per heavy atom. The highest BCUT2D eigenvalue weighted by Gasteiger charge is 2.30. The van der Waals surface area contributed by atoms with Gasteiger partial charge in [-0.05, 0) is 31.7 Å². The van der Waals surface area contributed by atoms with Gasteiger partial charge in [0, 0.05) is 18.9 Å². The van der Waals surface area contributed by atoms with Crippen LogP contribution in [0.1, 0.15) is 32.1 Å². The van der Waals surface area contributed by atoms with Gasteiger partial charge in [0.2, 0.25) is 0 Å². The van der Waals surface area contributed by atoms with Crippen molar-refractivity contribution in [3.05, 3.63) is 0 Å². The van der Waals surface area contributed by atoms with E-state index < -0.39 is 0 Å². The van der Waals surface area contributed by atoms with E-state index in [1.165, 1.54) is 12.8 Å². The normalized spacial score (nSPS) is 38.4. The van der Waals surface area contributed by atoms with Crippen molar-refractivity contribution < 1.29 is 4.79 Å². The zero-order valence-corrected chi connectivity index (χ0v) is 6.81. The summed E-state index contributed by atoms with van der Waals surface area (Å²) in [6.07, 6.45) is 5.27. The second-order valence-corrected chi connectivity index (χ2v) is 3.74. The van der Waals surface area contributed by atoms with E-state index in [4.69, 9.17) is 0 Å². The number of carbonyl (C=O) groups excluding carboxylic acids is 1. The summed E-state index contributed by atoms with van der Waals surface area (Å²) in [4.78, 5) is 11.1. The van der Waals surface area contributed by atoms with Crippen LogP contribution in [0.15, 0.2) is 0 Å². The third-order valence-electron chi connectivity index (χ3n) is 2.95. The van der Waals surface area contributed by atoms with Gasteiger partial charge in [-0.15, -0.1) is 0 Å². The quantitative estimate of drug-likeness (QED) is 0.564. The van der Waals surface area contributed by atoms with E-state index >= 15 is 0 Å². The summed E-state index contributed by atoms with van der Waals surface area (Å²) >= 11 is 0. The summed E-state index contributed by atoms with van der Waals surface area (Å²) < 4.78 is 0. The SMILES string of the molecule is O=C1CCC2NCCCC2C1. The van der Waals surface area contributed by atoms with E-state index in [0.29, 0.717) is 17.7 Å². The summed E-state index contributed by atoms with van der Waals surface area (Å²) in [7, 11) is 0. The Hall–Kier alpha value is -0.370. The van der Waals surface area contributed by atoms with Gasteiger partial charge in [0.25, 0.3) is 0 Å². The first kappa shape index (κ1) is 7.29. The largest absolute Gasteiger partial charge is 0.314 e. The second-order valence-electron chi connectivity index (χ2n) is 3.74. The first-order valence-electron chi connectivity index (χ1n) is 4.61. The van der Waals surface area contributed by atoms with Crippen LogP contribution in [0.2, 0.25) is 0 Å². The van der Waals surface area contributed by atoms with Crippen molar-refractivity contribution in [2.45, 2.75) is 38.1 Å². The molecule has 1 N–H and O–H groups in total. The Balaban J connectivity index is 1.98. The third kappa shape index (κ3) is 1.45. The number of hydrogen-bond acceptors (Lipinski definition) is 2. The molecule has 1 aliphatic carbocycles. The average Bonchev–Trinajstić information content (AvgIpc) is 2.04. The molecule has 1 saturated carbocycles. The van der Waals surface area contributed by atoms with Crippen LogP contribution in [0.4, 0.5) is 0 Å². The van der Waals surface area contributed by atoms with E-state index in [9.17, 15) is 4.79 Å². The topological polar surface area (TPSA) is 29.1 Å². The van der Waals surface area contributed by atoms with E-state index in [-0.39, 0.29) is 0 Å². The highest BCUT2D eigenvalue weighted by Crippen LogP contribution is 2.28. The molecule has 2 rings (SSSR count). The van der Waals surface area contributed by atoms with E-state index in [1.807, 2.05) is 0 Å². The molecular formula is C9H15NO. The molecule has 0 aromatic carbocycles. The first-order chi connectivity index (χ1) is 5.36. The Bertz CT molecular complexity index is 167. The van der Waals surface area contributed by atoms with Gasteiger partial charge in [0.05, 0.1) is 0 Å². The number of nitrogens with one attached hydrogen (secondary N) is 1. The highest BCUT2D eigenvalue weighted by atomic mass is 16.1. The smallest absolute Gasteiger partial charge is 0.133 e. The Morgan fingerprint density at radius 3 is 3.18 bits per heavy atom. The lowest BCUT2D eigenvalue weighted by Gasteiger charge is -2.35. The molecule has 62 valence electrons.